The van der Waals surface area contributed by atoms with E-state index in [1.54, 1.807) is 18.5 Å². The third kappa shape index (κ3) is 2.67. The van der Waals surface area contributed by atoms with Gasteiger partial charge in [-0.05, 0) is 90.5 Å². The molecule has 2 fully saturated rings. The van der Waals surface area contributed by atoms with Crippen LogP contribution in [0.2, 0.25) is 0 Å². The molecular formula is C25H27FN2O. The molecule has 1 aromatic heterocycles. The van der Waals surface area contributed by atoms with Crippen molar-refractivity contribution in [1.82, 2.24) is 4.98 Å². The quantitative estimate of drug-likeness (QED) is 0.678. The average molecular weight is 391 g/mol. The van der Waals surface area contributed by atoms with Crippen LogP contribution < -0.4 is 0 Å². The molecule has 5 atom stereocenters. The lowest BCUT2D eigenvalue weighted by molar-refractivity contribution is -0.102. The standard InChI is InChI=1S/C25H27FN2O/c1-24-11-7-18-17-5-6-22(27-2)23(26)20(17)4-3-19(18)21(24)8-12-25(24,29)15-16-9-13-28-14-10-16/h5-6,9-10,13-14,18-19,21,29H,3-4,7-8,11-12,15H2,1H3/t18?,19?,21?,24-,25+/m0/s1. The molecule has 5 rings (SSSR count). The molecular weight excluding hydrogens is 363 g/mol. The van der Waals surface area contributed by atoms with Crippen molar-refractivity contribution in [2.75, 3.05) is 0 Å². The Labute approximate surface area is 171 Å². The maximum Gasteiger partial charge on any atom is 0.222 e. The Hall–Kier alpha value is -2.25. The van der Waals surface area contributed by atoms with Gasteiger partial charge in [-0.1, -0.05) is 19.1 Å². The van der Waals surface area contributed by atoms with Crippen LogP contribution in [-0.4, -0.2) is 15.7 Å². The van der Waals surface area contributed by atoms with Gasteiger partial charge in [0.05, 0.1) is 12.2 Å². The molecule has 1 N–H and O–H groups in total. The Morgan fingerprint density at radius 3 is 2.72 bits per heavy atom. The van der Waals surface area contributed by atoms with Crippen LogP contribution in [0, 0.1) is 29.6 Å². The van der Waals surface area contributed by atoms with Gasteiger partial charge in [0, 0.05) is 18.8 Å². The van der Waals surface area contributed by atoms with Gasteiger partial charge in [-0.3, -0.25) is 4.98 Å². The zero-order valence-corrected chi connectivity index (χ0v) is 16.9. The SMILES string of the molecule is [C-]#[N+]c1ccc2c(c1F)CCC1C2CC[C@@]2(C)C1CC[C@@]2(O)Cc1ccncc1. The minimum atomic E-state index is -0.691. The van der Waals surface area contributed by atoms with Crippen LogP contribution >= 0.6 is 0 Å². The van der Waals surface area contributed by atoms with Crippen LogP contribution in [0.25, 0.3) is 4.85 Å². The molecule has 2 aromatic rings. The van der Waals surface area contributed by atoms with Crippen LogP contribution in [-0.2, 0) is 12.8 Å². The van der Waals surface area contributed by atoms with Gasteiger partial charge < -0.3 is 5.11 Å². The largest absolute Gasteiger partial charge is 0.389 e. The summed E-state index contributed by atoms with van der Waals surface area (Å²) in [5.41, 5.74) is 2.39. The molecule has 0 saturated heterocycles. The molecule has 3 aliphatic carbocycles. The summed E-state index contributed by atoms with van der Waals surface area (Å²) < 4.78 is 14.8. The van der Waals surface area contributed by atoms with Crippen LogP contribution in [0.5, 0.6) is 0 Å². The Bertz CT molecular complexity index is 984. The second-order valence-electron chi connectivity index (χ2n) is 9.55. The molecule has 3 aliphatic rings. The lowest BCUT2D eigenvalue weighted by atomic mass is 9.52. The van der Waals surface area contributed by atoms with Crippen molar-refractivity contribution >= 4 is 5.69 Å². The van der Waals surface area contributed by atoms with Gasteiger partial charge in [-0.2, -0.15) is 0 Å². The van der Waals surface area contributed by atoms with E-state index in [0.717, 1.165) is 48.8 Å². The Balaban J connectivity index is 1.46. The smallest absolute Gasteiger partial charge is 0.222 e. The predicted octanol–water partition coefficient (Wildman–Crippen LogP) is 5.60. The van der Waals surface area contributed by atoms with Crippen molar-refractivity contribution in [2.45, 2.75) is 63.4 Å². The van der Waals surface area contributed by atoms with E-state index in [0.29, 0.717) is 30.6 Å². The molecule has 4 heteroatoms. The second-order valence-corrected chi connectivity index (χ2v) is 9.55. The van der Waals surface area contributed by atoms with Gasteiger partial charge in [-0.25, -0.2) is 9.24 Å². The van der Waals surface area contributed by atoms with Crippen LogP contribution in [0.15, 0.2) is 36.7 Å². The topological polar surface area (TPSA) is 37.5 Å². The highest BCUT2D eigenvalue weighted by Crippen LogP contribution is 2.65. The van der Waals surface area contributed by atoms with Crippen LogP contribution in [0.1, 0.15) is 61.6 Å². The van der Waals surface area contributed by atoms with Crippen LogP contribution in [0.3, 0.4) is 0 Å². The number of aliphatic hydroxyl groups is 1. The number of hydrogen-bond acceptors (Lipinski definition) is 2. The highest BCUT2D eigenvalue weighted by Gasteiger charge is 2.61. The Kier molecular flexibility index (Phi) is 4.29. The number of rotatable bonds is 2. The third-order valence-electron chi connectivity index (χ3n) is 8.51. The molecule has 0 amide bonds. The first-order valence-corrected chi connectivity index (χ1v) is 10.8. The molecule has 3 nitrogen and oxygen atoms in total. The van der Waals surface area contributed by atoms with Gasteiger partial charge in [-0.15, -0.1) is 0 Å². The van der Waals surface area contributed by atoms with Gasteiger partial charge in [0.1, 0.15) is 5.82 Å². The van der Waals surface area contributed by atoms with Gasteiger partial charge >= 0.3 is 0 Å². The summed E-state index contributed by atoms with van der Waals surface area (Å²) in [4.78, 5) is 7.45. The van der Waals surface area contributed by atoms with E-state index >= 15 is 0 Å². The normalized spacial score (nSPS) is 35.3. The molecule has 2 saturated carbocycles. The summed E-state index contributed by atoms with van der Waals surface area (Å²) >= 11 is 0. The van der Waals surface area contributed by atoms with E-state index in [2.05, 4.69) is 16.8 Å². The second kappa shape index (κ2) is 6.64. The lowest BCUT2D eigenvalue weighted by Crippen LogP contribution is -2.51. The van der Waals surface area contributed by atoms with Gasteiger partial charge in [0.25, 0.3) is 0 Å². The minimum Gasteiger partial charge on any atom is -0.389 e. The Morgan fingerprint density at radius 1 is 1.17 bits per heavy atom. The first kappa shape index (κ1) is 18.8. The van der Waals surface area contributed by atoms with Crippen molar-refractivity contribution in [3.63, 3.8) is 0 Å². The monoisotopic (exact) mass is 390 g/mol. The number of halogens is 1. The average Bonchev–Trinajstić information content (AvgIpc) is 2.99. The van der Waals surface area contributed by atoms with Gasteiger partial charge in [0.2, 0.25) is 5.69 Å². The molecule has 0 bridgehead atoms. The minimum absolute atomic E-state index is 0.107. The lowest BCUT2D eigenvalue weighted by Gasteiger charge is -2.53. The van der Waals surface area contributed by atoms with Crippen molar-refractivity contribution in [3.05, 3.63) is 70.6 Å². The zero-order valence-electron chi connectivity index (χ0n) is 16.9. The maximum atomic E-state index is 14.8. The fourth-order valence-corrected chi connectivity index (χ4v) is 6.94. The summed E-state index contributed by atoms with van der Waals surface area (Å²) in [6.07, 6.45) is 9.77. The third-order valence-corrected chi connectivity index (χ3v) is 8.51. The van der Waals surface area contributed by atoms with Crippen LogP contribution in [0.4, 0.5) is 10.1 Å². The molecule has 0 spiro atoms. The predicted molar refractivity (Wildman–Crippen MR) is 110 cm³/mol. The number of aromatic nitrogens is 1. The molecule has 0 radical (unpaired) electrons. The van der Waals surface area contributed by atoms with Crippen molar-refractivity contribution in [2.24, 2.45) is 17.3 Å². The molecule has 1 aromatic carbocycles. The zero-order chi connectivity index (χ0) is 20.2. The van der Waals surface area contributed by atoms with Crippen molar-refractivity contribution < 1.29 is 9.50 Å². The fraction of sp³-hybridized carbons (Fsp3) is 0.520. The van der Waals surface area contributed by atoms with Crippen molar-refractivity contribution in [1.29, 1.82) is 0 Å². The number of hydrogen-bond donors (Lipinski definition) is 1. The highest BCUT2D eigenvalue weighted by atomic mass is 19.1. The van der Waals surface area contributed by atoms with E-state index in [4.69, 9.17) is 6.57 Å². The summed E-state index contributed by atoms with van der Waals surface area (Å²) in [6.45, 7) is 9.49. The Morgan fingerprint density at radius 2 is 1.97 bits per heavy atom. The number of pyridine rings is 1. The number of fused-ring (bicyclic) bond motifs is 5. The van der Waals surface area contributed by atoms with E-state index in [1.807, 2.05) is 18.2 Å². The number of nitrogens with zero attached hydrogens (tertiary/aromatic N) is 2. The van der Waals surface area contributed by atoms with Crippen molar-refractivity contribution in [3.8, 4) is 0 Å². The maximum absolute atomic E-state index is 14.8. The summed E-state index contributed by atoms with van der Waals surface area (Å²) in [5, 5.41) is 11.8. The highest BCUT2D eigenvalue weighted by molar-refractivity contribution is 5.53. The molecule has 1 heterocycles. The molecule has 150 valence electrons. The molecule has 29 heavy (non-hydrogen) atoms. The summed E-state index contributed by atoms with van der Waals surface area (Å²) in [7, 11) is 0. The first-order chi connectivity index (χ1) is 14.0. The number of benzene rings is 1. The molecule has 0 aliphatic heterocycles. The van der Waals surface area contributed by atoms with E-state index in [1.165, 1.54) is 0 Å². The molecule has 3 unspecified atom stereocenters. The van der Waals surface area contributed by atoms with E-state index in [9.17, 15) is 9.50 Å². The van der Waals surface area contributed by atoms with E-state index < -0.39 is 5.60 Å². The first-order valence-electron chi connectivity index (χ1n) is 10.8. The summed E-state index contributed by atoms with van der Waals surface area (Å²) in [6, 6.07) is 7.68. The van der Waals surface area contributed by atoms with Gasteiger partial charge in [0.15, 0.2) is 0 Å². The fourth-order valence-electron chi connectivity index (χ4n) is 6.94. The van der Waals surface area contributed by atoms with E-state index in [-0.39, 0.29) is 16.9 Å². The summed E-state index contributed by atoms with van der Waals surface area (Å²) in [5.74, 6) is 1.01.